The second-order valence-electron chi connectivity index (χ2n) is 5.20. The van der Waals surface area contributed by atoms with Crippen LogP contribution in [0.3, 0.4) is 0 Å². The second kappa shape index (κ2) is 4.30. The van der Waals surface area contributed by atoms with E-state index in [1.807, 2.05) is 32.9 Å². The van der Waals surface area contributed by atoms with Gasteiger partial charge in [-0.2, -0.15) is 0 Å². The molecule has 0 unspecified atom stereocenters. The van der Waals surface area contributed by atoms with Crippen molar-refractivity contribution in [1.82, 2.24) is 0 Å². The number of anilines is 1. The molecule has 0 spiro atoms. The van der Waals surface area contributed by atoms with E-state index < -0.39 is 0 Å². The Kier molecular flexibility index (Phi) is 2.71. The Labute approximate surface area is 117 Å². The summed E-state index contributed by atoms with van der Waals surface area (Å²) in [5.74, 6) is -0.485. The van der Waals surface area contributed by atoms with Gasteiger partial charge in [-0.1, -0.05) is 12.1 Å². The lowest BCUT2D eigenvalue weighted by Crippen LogP contribution is -2.29. The highest BCUT2D eigenvalue weighted by molar-refractivity contribution is 6.34. The largest absolute Gasteiger partial charge is 0.268 e. The van der Waals surface area contributed by atoms with Crippen LogP contribution >= 0.6 is 0 Å². The molecule has 0 saturated carbocycles. The molecule has 0 N–H and O–H groups in total. The number of fused-ring (bicyclic) bond motifs is 1. The van der Waals surface area contributed by atoms with Crippen LogP contribution in [0.5, 0.6) is 0 Å². The summed E-state index contributed by atoms with van der Waals surface area (Å²) in [4.78, 5) is 26.1. The summed E-state index contributed by atoms with van der Waals surface area (Å²) < 4.78 is 0. The van der Waals surface area contributed by atoms with E-state index in [0.717, 1.165) is 11.1 Å². The average molecular weight is 265 g/mol. The first-order valence-electron chi connectivity index (χ1n) is 6.56. The average Bonchev–Trinajstić information content (AvgIpc) is 2.68. The summed E-state index contributed by atoms with van der Waals surface area (Å²) in [5, 5.41) is 0. The standard InChI is InChI=1S/C17H15NO2/c1-10-8-13(9-11(2)12(10)3)18-16(19)14-6-4-5-7-15(14)17(18)20/h4-9H,1-3H3. The molecule has 100 valence electrons. The quantitative estimate of drug-likeness (QED) is 0.741. The van der Waals surface area contributed by atoms with Gasteiger partial charge in [0.1, 0.15) is 0 Å². The summed E-state index contributed by atoms with van der Waals surface area (Å²) in [6.45, 7) is 6.02. The van der Waals surface area contributed by atoms with Gasteiger partial charge in [0.05, 0.1) is 16.8 Å². The lowest BCUT2D eigenvalue weighted by molar-refractivity contribution is 0.0926. The Balaban J connectivity index is 2.14. The Morgan fingerprint density at radius 2 is 1.25 bits per heavy atom. The van der Waals surface area contributed by atoms with Gasteiger partial charge in [-0.3, -0.25) is 9.59 Å². The van der Waals surface area contributed by atoms with Crippen molar-refractivity contribution >= 4 is 17.5 Å². The van der Waals surface area contributed by atoms with E-state index in [1.165, 1.54) is 10.5 Å². The molecule has 2 aromatic carbocycles. The molecule has 0 bridgehead atoms. The molecule has 0 radical (unpaired) electrons. The fraction of sp³-hybridized carbons (Fsp3) is 0.176. The molecule has 3 nitrogen and oxygen atoms in total. The molecule has 0 aromatic heterocycles. The zero-order chi connectivity index (χ0) is 14.4. The molecule has 0 atom stereocenters. The molecule has 1 aliphatic heterocycles. The third-order valence-corrected chi connectivity index (χ3v) is 3.96. The van der Waals surface area contributed by atoms with Crippen LogP contribution in [0.1, 0.15) is 37.4 Å². The number of imide groups is 1. The topological polar surface area (TPSA) is 37.4 Å². The maximum atomic E-state index is 12.4. The first kappa shape index (κ1) is 12.6. The highest BCUT2D eigenvalue weighted by atomic mass is 16.2. The predicted octanol–water partition coefficient (Wildman–Crippen LogP) is 3.41. The minimum atomic E-state index is -0.242. The van der Waals surface area contributed by atoms with Crippen LogP contribution in [-0.4, -0.2) is 11.8 Å². The van der Waals surface area contributed by atoms with Crippen LogP contribution < -0.4 is 4.90 Å². The molecule has 0 saturated heterocycles. The van der Waals surface area contributed by atoms with E-state index in [0.29, 0.717) is 16.8 Å². The van der Waals surface area contributed by atoms with E-state index in [1.54, 1.807) is 24.3 Å². The number of amides is 2. The Hall–Kier alpha value is -2.42. The summed E-state index contributed by atoms with van der Waals surface area (Å²) in [7, 11) is 0. The van der Waals surface area contributed by atoms with Gasteiger partial charge in [0.25, 0.3) is 11.8 Å². The Morgan fingerprint density at radius 1 is 0.800 bits per heavy atom. The van der Waals surface area contributed by atoms with Crippen molar-refractivity contribution in [3.8, 4) is 0 Å². The van der Waals surface area contributed by atoms with Gasteiger partial charge in [0.15, 0.2) is 0 Å². The third-order valence-electron chi connectivity index (χ3n) is 3.96. The van der Waals surface area contributed by atoms with Crippen molar-refractivity contribution in [3.05, 3.63) is 64.2 Å². The minimum absolute atomic E-state index is 0.242. The molecule has 0 aliphatic carbocycles. The highest BCUT2D eigenvalue weighted by Gasteiger charge is 2.36. The fourth-order valence-electron chi connectivity index (χ4n) is 2.57. The first-order chi connectivity index (χ1) is 9.50. The summed E-state index contributed by atoms with van der Waals surface area (Å²) >= 11 is 0. The van der Waals surface area contributed by atoms with E-state index in [4.69, 9.17) is 0 Å². The van der Waals surface area contributed by atoms with Crippen molar-refractivity contribution in [2.75, 3.05) is 4.90 Å². The number of nitrogens with zero attached hydrogens (tertiary/aromatic N) is 1. The number of hydrogen-bond donors (Lipinski definition) is 0. The number of aryl methyl sites for hydroxylation is 2. The van der Waals surface area contributed by atoms with Crippen LogP contribution in [0, 0.1) is 20.8 Å². The van der Waals surface area contributed by atoms with Crippen molar-refractivity contribution in [2.45, 2.75) is 20.8 Å². The summed E-state index contributed by atoms with van der Waals surface area (Å²) in [6.07, 6.45) is 0. The van der Waals surface area contributed by atoms with Crippen molar-refractivity contribution in [1.29, 1.82) is 0 Å². The van der Waals surface area contributed by atoms with Gasteiger partial charge in [-0.25, -0.2) is 4.90 Å². The second-order valence-corrected chi connectivity index (χ2v) is 5.20. The lowest BCUT2D eigenvalue weighted by Gasteiger charge is -2.17. The monoisotopic (exact) mass is 265 g/mol. The van der Waals surface area contributed by atoms with E-state index >= 15 is 0 Å². The van der Waals surface area contributed by atoms with Crippen molar-refractivity contribution < 1.29 is 9.59 Å². The van der Waals surface area contributed by atoms with Crippen LogP contribution in [0.2, 0.25) is 0 Å². The maximum Gasteiger partial charge on any atom is 0.266 e. The molecule has 3 heteroatoms. The van der Waals surface area contributed by atoms with Gasteiger partial charge in [-0.15, -0.1) is 0 Å². The van der Waals surface area contributed by atoms with Gasteiger partial charge in [0.2, 0.25) is 0 Å². The van der Waals surface area contributed by atoms with Crippen molar-refractivity contribution in [3.63, 3.8) is 0 Å². The maximum absolute atomic E-state index is 12.4. The Bertz CT molecular complexity index is 688. The Morgan fingerprint density at radius 3 is 1.70 bits per heavy atom. The van der Waals surface area contributed by atoms with Crippen LogP contribution in [-0.2, 0) is 0 Å². The highest BCUT2D eigenvalue weighted by Crippen LogP contribution is 2.30. The number of carbonyl (C=O) groups is 2. The predicted molar refractivity (Wildman–Crippen MR) is 78.2 cm³/mol. The van der Waals surface area contributed by atoms with Crippen molar-refractivity contribution in [2.24, 2.45) is 0 Å². The fourth-order valence-corrected chi connectivity index (χ4v) is 2.57. The molecule has 2 aromatic rings. The third kappa shape index (κ3) is 1.67. The number of rotatable bonds is 1. The zero-order valence-corrected chi connectivity index (χ0v) is 11.7. The van der Waals surface area contributed by atoms with Gasteiger partial charge >= 0.3 is 0 Å². The summed E-state index contributed by atoms with van der Waals surface area (Å²) in [6, 6.07) is 10.7. The van der Waals surface area contributed by atoms with E-state index in [9.17, 15) is 9.59 Å². The molecular weight excluding hydrogens is 250 g/mol. The molecular formula is C17H15NO2. The van der Waals surface area contributed by atoms with Gasteiger partial charge < -0.3 is 0 Å². The minimum Gasteiger partial charge on any atom is -0.268 e. The van der Waals surface area contributed by atoms with E-state index in [-0.39, 0.29) is 11.8 Å². The molecule has 2 amide bonds. The lowest BCUT2D eigenvalue weighted by atomic mass is 10.0. The molecule has 1 heterocycles. The van der Waals surface area contributed by atoms with Gasteiger partial charge in [-0.05, 0) is 61.7 Å². The first-order valence-corrected chi connectivity index (χ1v) is 6.56. The number of carbonyl (C=O) groups excluding carboxylic acids is 2. The molecule has 0 fully saturated rings. The summed E-state index contributed by atoms with van der Waals surface area (Å²) in [5.41, 5.74) is 4.96. The molecule has 3 rings (SSSR count). The van der Waals surface area contributed by atoms with Crippen LogP contribution in [0.25, 0.3) is 0 Å². The zero-order valence-electron chi connectivity index (χ0n) is 11.7. The van der Waals surface area contributed by atoms with E-state index in [2.05, 4.69) is 0 Å². The number of hydrogen-bond acceptors (Lipinski definition) is 2. The number of benzene rings is 2. The molecule has 1 aliphatic rings. The smallest absolute Gasteiger partial charge is 0.266 e. The SMILES string of the molecule is Cc1cc(N2C(=O)c3ccccc3C2=O)cc(C)c1C. The van der Waals surface area contributed by atoms with Crippen LogP contribution in [0.4, 0.5) is 5.69 Å². The van der Waals surface area contributed by atoms with Crippen LogP contribution in [0.15, 0.2) is 36.4 Å². The normalized spacial score (nSPS) is 13.8. The molecule has 20 heavy (non-hydrogen) atoms. The van der Waals surface area contributed by atoms with Gasteiger partial charge in [0, 0.05) is 0 Å².